The second kappa shape index (κ2) is 10.1. The van der Waals surface area contributed by atoms with Crippen LogP contribution in [0.1, 0.15) is 22.7 Å². The number of likely N-dealkylation sites (tertiary alicyclic amines) is 1. The van der Waals surface area contributed by atoms with E-state index in [9.17, 15) is 14.7 Å². The summed E-state index contributed by atoms with van der Waals surface area (Å²) in [7, 11) is 1.60. The Kier molecular flexibility index (Phi) is 6.90. The van der Waals surface area contributed by atoms with Crippen LogP contribution in [0.5, 0.6) is 5.75 Å². The van der Waals surface area contributed by atoms with Gasteiger partial charge in [0.05, 0.1) is 23.7 Å². The Balaban J connectivity index is 1.59. The summed E-state index contributed by atoms with van der Waals surface area (Å²) in [5.74, 6) is -1.21. The zero-order valence-electron chi connectivity index (χ0n) is 19.6. The van der Waals surface area contributed by atoms with Crippen molar-refractivity contribution in [3.63, 3.8) is 0 Å². The number of halogens is 3. The average molecular weight is 556 g/mol. The number of hydrogen-bond donors (Lipinski definition) is 2. The lowest BCUT2D eigenvalue weighted by Gasteiger charge is -2.26. The normalized spacial score (nSPS) is 17.1. The molecule has 1 saturated heterocycles. The largest absolute Gasteiger partial charge is 0.507 e. The molecule has 0 spiro atoms. The first-order valence-electron chi connectivity index (χ1n) is 11.4. The number of ketones is 1. The Hall–Kier alpha value is -3.45. The number of aliphatic hydroxyl groups is 1. The Bertz CT molecular complexity index is 1580. The van der Waals surface area contributed by atoms with E-state index in [-0.39, 0.29) is 28.5 Å². The van der Waals surface area contributed by atoms with Crippen molar-refractivity contribution in [3.8, 4) is 5.75 Å². The van der Waals surface area contributed by atoms with Gasteiger partial charge in [-0.05, 0) is 60.0 Å². The van der Waals surface area contributed by atoms with Crippen molar-refractivity contribution in [2.45, 2.75) is 12.5 Å². The molecule has 0 aliphatic carbocycles. The molecule has 3 aromatic carbocycles. The molecular formula is C28H21Cl3N2O4. The number of fused-ring (bicyclic) bond motifs is 1. The fourth-order valence-corrected chi connectivity index (χ4v) is 5.43. The lowest BCUT2D eigenvalue weighted by molar-refractivity contribution is -0.139. The third kappa shape index (κ3) is 4.57. The van der Waals surface area contributed by atoms with Crippen LogP contribution in [-0.4, -0.2) is 40.3 Å². The summed E-state index contributed by atoms with van der Waals surface area (Å²) in [6.45, 7) is 0.204. The molecule has 1 aromatic heterocycles. The number of carbonyl (C=O) groups is 2. The Morgan fingerprint density at radius 1 is 1.03 bits per heavy atom. The molecule has 0 radical (unpaired) electrons. The first-order chi connectivity index (χ1) is 17.8. The van der Waals surface area contributed by atoms with E-state index in [1.165, 1.54) is 17.0 Å². The lowest BCUT2D eigenvalue weighted by Crippen LogP contribution is -2.31. The first kappa shape index (κ1) is 25.2. The van der Waals surface area contributed by atoms with Gasteiger partial charge < -0.3 is 19.7 Å². The van der Waals surface area contributed by atoms with Gasteiger partial charge in [-0.15, -0.1) is 0 Å². The van der Waals surface area contributed by atoms with Gasteiger partial charge in [-0.2, -0.15) is 0 Å². The van der Waals surface area contributed by atoms with Crippen molar-refractivity contribution in [1.29, 1.82) is 0 Å². The maximum absolute atomic E-state index is 13.3. The summed E-state index contributed by atoms with van der Waals surface area (Å²) in [6, 6.07) is 16.3. The number of ether oxygens (including phenoxy) is 1. The smallest absolute Gasteiger partial charge is 0.295 e. The molecule has 1 atom stereocenters. The van der Waals surface area contributed by atoms with E-state index in [2.05, 4.69) is 4.98 Å². The van der Waals surface area contributed by atoms with Gasteiger partial charge in [0.1, 0.15) is 11.5 Å². The highest BCUT2D eigenvalue weighted by molar-refractivity contribution is 6.47. The van der Waals surface area contributed by atoms with Gasteiger partial charge in [-0.3, -0.25) is 9.59 Å². The molecule has 1 amide bonds. The highest BCUT2D eigenvalue weighted by Gasteiger charge is 2.46. The second-order valence-corrected chi connectivity index (χ2v) is 9.86. The number of aromatic nitrogens is 1. The number of H-pyrrole nitrogens is 1. The van der Waals surface area contributed by atoms with Gasteiger partial charge in [-0.1, -0.05) is 53.0 Å². The summed E-state index contributed by atoms with van der Waals surface area (Å²) >= 11 is 18.9. The number of rotatable bonds is 6. The molecule has 1 unspecified atom stereocenters. The fraction of sp³-hybridized carbons (Fsp3) is 0.143. The van der Waals surface area contributed by atoms with E-state index in [4.69, 9.17) is 39.5 Å². The van der Waals surface area contributed by atoms with Gasteiger partial charge in [0.2, 0.25) is 0 Å². The van der Waals surface area contributed by atoms with Crippen LogP contribution in [0.25, 0.3) is 16.7 Å². The lowest BCUT2D eigenvalue weighted by atomic mass is 9.95. The number of methoxy groups -OCH3 is 1. The van der Waals surface area contributed by atoms with Crippen LogP contribution in [0.3, 0.4) is 0 Å². The highest BCUT2D eigenvalue weighted by atomic mass is 35.5. The van der Waals surface area contributed by atoms with Gasteiger partial charge in [-0.25, -0.2) is 0 Å². The standard InChI is InChI=1S/C28H21Cl3N2O4/c1-37-17-7-9-23-20(13-17)15(14-32-23)10-11-33-25(18-4-2-3-5-21(18)30)24(27(35)28(33)36)26(34)19-8-6-16(29)12-22(19)31/h2-9,12-14,25,32,34H,10-11H2,1H3/b26-24-. The monoisotopic (exact) mass is 554 g/mol. The van der Waals surface area contributed by atoms with Gasteiger partial charge in [0.15, 0.2) is 0 Å². The molecule has 1 aliphatic rings. The molecule has 0 bridgehead atoms. The molecule has 9 heteroatoms. The predicted octanol–water partition coefficient (Wildman–Crippen LogP) is 6.80. The molecule has 37 heavy (non-hydrogen) atoms. The SMILES string of the molecule is COc1ccc2[nH]cc(CCN3C(=O)C(=O)/C(=C(\O)c4ccc(Cl)cc4Cl)C3c3ccccc3Cl)c2c1. The minimum Gasteiger partial charge on any atom is -0.507 e. The zero-order chi connectivity index (χ0) is 26.3. The topological polar surface area (TPSA) is 82.6 Å². The second-order valence-electron chi connectivity index (χ2n) is 8.61. The number of nitrogens with one attached hydrogen (secondary N) is 1. The van der Waals surface area contributed by atoms with Crippen LogP contribution < -0.4 is 4.74 Å². The van der Waals surface area contributed by atoms with Crippen molar-refractivity contribution in [2.75, 3.05) is 13.7 Å². The maximum atomic E-state index is 13.3. The molecular weight excluding hydrogens is 535 g/mol. The van der Waals surface area contributed by atoms with Crippen molar-refractivity contribution in [1.82, 2.24) is 9.88 Å². The first-order valence-corrected chi connectivity index (χ1v) is 12.6. The zero-order valence-corrected chi connectivity index (χ0v) is 21.9. The third-order valence-corrected chi connectivity index (χ3v) is 7.41. The number of carbonyl (C=O) groups excluding carboxylic acids is 2. The molecule has 4 aromatic rings. The number of hydrogen-bond acceptors (Lipinski definition) is 4. The van der Waals surface area contributed by atoms with E-state index in [0.717, 1.165) is 16.5 Å². The van der Waals surface area contributed by atoms with E-state index < -0.39 is 17.7 Å². The number of amides is 1. The van der Waals surface area contributed by atoms with Crippen molar-refractivity contribution < 1.29 is 19.4 Å². The minimum atomic E-state index is -0.903. The van der Waals surface area contributed by atoms with Gasteiger partial charge in [0.25, 0.3) is 11.7 Å². The molecule has 1 fully saturated rings. The molecule has 0 saturated carbocycles. The highest BCUT2D eigenvalue weighted by Crippen LogP contribution is 2.43. The predicted molar refractivity (Wildman–Crippen MR) is 145 cm³/mol. The molecule has 2 heterocycles. The number of aromatic amines is 1. The van der Waals surface area contributed by atoms with Crippen LogP contribution in [0.2, 0.25) is 15.1 Å². The van der Waals surface area contributed by atoms with Crippen molar-refractivity contribution in [2.24, 2.45) is 0 Å². The Labute approximate surface area is 228 Å². The van der Waals surface area contributed by atoms with Crippen LogP contribution in [0.4, 0.5) is 0 Å². The van der Waals surface area contributed by atoms with Crippen LogP contribution >= 0.6 is 34.8 Å². The maximum Gasteiger partial charge on any atom is 0.295 e. The summed E-state index contributed by atoms with van der Waals surface area (Å²) in [5, 5.41) is 13.1. The summed E-state index contributed by atoms with van der Waals surface area (Å²) in [5.41, 5.74) is 2.52. The molecule has 1 aliphatic heterocycles. The fourth-order valence-electron chi connectivity index (χ4n) is 4.69. The Morgan fingerprint density at radius 3 is 2.54 bits per heavy atom. The average Bonchev–Trinajstić information content (AvgIpc) is 3.40. The summed E-state index contributed by atoms with van der Waals surface area (Å²) < 4.78 is 5.35. The van der Waals surface area contributed by atoms with Crippen LogP contribution in [-0.2, 0) is 16.0 Å². The summed E-state index contributed by atoms with van der Waals surface area (Å²) in [6.07, 6.45) is 2.32. The third-order valence-electron chi connectivity index (χ3n) is 6.52. The van der Waals surface area contributed by atoms with Crippen LogP contribution in [0, 0.1) is 0 Å². The van der Waals surface area contributed by atoms with Gasteiger partial charge in [0, 0.05) is 39.3 Å². The van der Waals surface area contributed by atoms with Crippen molar-refractivity contribution in [3.05, 3.63) is 104 Å². The molecule has 188 valence electrons. The minimum absolute atomic E-state index is 0.0806. The molecule has 6 nitrogen and oxygen atoms in total. The van der Waals surface area contributed by atoms with Crippen molar-refractivity contribution >= 4 is 63.2 Å². The number of Topliss-reactive ketones (excluding diaryl/α,β-unsaturated/α-hetero) is 1. The summed E-state index contributed by atoms with van der Waals surface area (Å²) in [4.78, 5) is 31.3. The number of benzene rings is 3. The molecule has 5 rings (SSSR count). The Morgan fingerprint density at radius 2 is 1.81 bits per heavy atom. The number of nitrogens with zero attached hydrogens (tertiary/aromatic N) is 1. The number of aliphatic hydroxyl groups excluding tert-OH is 1. The van der Waals surface area contributed by atoms with E-state index in [1.807, 2.05) is 24.4 Å². The van der Waals surface area contributed by atoms with Crippen LogP contribution in [0.15, 0.2) is 72.4 Å². The van der Waals surface area contributed by atoms with E-state index in [0.29, 0.717) is 27.8 Å². The van der Waals surface area contributed by atoms with E-state index in [1.54, 1.807) is 37.4 Å². The quantitative estimate of drug-likeness (QED) is 0.156. The van der Waals surface area contributed by atoms with E-state index >= 15 is 0 Å². The van der Waals surface area contributed by atoms with Gasteiger partial charge >= 0.3 is 0 Å². The molecule has 2 N–H and O–H groups in total.